The largest absolute Gasteiger partial charge is 0.496 e. The summed E-state index contributed by atoms with van der Waals surface area (Å²) in [5, 5.41) is 3.73. The fourth-order valence-electron chi connectivity index (χ4n) is 2.83. The van der Waals surface area contributed by atoms with Crippen LogP contribution in [0.1, 0.15) is 29.7 Å². The number of ether oxygens (including phenoxy) is 1. The second kappa shape index (κ2) is 8.88. The number of hydrogen-bond acceptors (Lipinski definition) is 2. The minimum absolute atomic E-state index is 0.0200. The molecule has 0 saturated carbocycles. The lowest BCUT2D eigenvalue weighted by molar-refractivity contribution is -0.885. The SMILES string of the molecule is COc1ccc(C)cc1C[NH+](C)CC(=O)N[C@@H](C)c1ccc(Cl)cc1. The Morgan fingerprint density at radius 2 is 1.92 bits per heavy atom. The van der Waals surface area contributed by atoms with Crippen LogP contribution in [0.3, 0.4) is 0 Å². The Morgan fingerprint density at radius 1 is 1.24 bits per heavy atom. The van der Waals surface area contributed by atoms with E-state index in [0.29, 0.717) is 11.6 Å². The van der Waals surface area contributed by atoms with Gasteiger partial charge in [0, 0.05) is 10.6 Å². The van der Waals surface area contributed by atoms with Gasteiger partial charge in [-0.15, -0.1) is 0 Å². The second-order valence-corrected chi connectivity index (χ2v) is 6.90. The van der Waals surface area contributed by atoms with Crippen molar-refractivity contribution in [3.63, 3.8) is 0 Å². The molecule has 2 N–H and O–H groups in total. The first kappa shape index (κ1) is 19.3. The topological polar surface area (TPSA) is 42.8 Å². The molecule has 0 aliphatic carbocycles. The van der Waals surface area contributed by atoms with Crippen LogP contribution in [-0.4, -0.2) is 26.6 Å². The van der Waals surface area contributed by atoms with Gasteiger partial charge in [0.05, 0.1) is 20.2 Å². The summed E-state index contributed by atoms with van der Waals surface area (Å²) >= 11 is 5.90. The van der Waals surface area contributed by atoms with Crippen LogP contribution in [0.4, 0.5) is 0 Å². The zero-order valence-corrected chi connectivity index (χ0v) is 16.0. The normalized spacial score (nSPS) is 13.2. The summed E-state index contributed by atoms with van der Waals surface area (Å²) in [6.07, 6.45) is 0. The Morgan fingerprint density at radius 3 is 2.56 bits per heavy atom. The van der Waals surface area contributed by atoms with Gasteiger partial charge in [0.2, 0.25) is 0 Å². The van der Waals surface area contributed by atoms with Gasteiger partial charge in [-0.25, -0.2) is 0 Å². The molecule has 4 nitrogen and oxygen atoms in total. The summed E-state index contributed by atoms with van der Waals surface area (Å²) in [6, 6.07) is 13.6. The predicted octanol–water partition coefficient (Wildman–Crippen LogP) is 2.55. The number of methoxy groups -OCH3 is 1. The van der Waals surface area contributed by atoms with Crippen LogP contribution in [0, 0.1) is 6.92 Å². The molecule has 0 radical (unpaired) electrons. The van der Waals surface area contributed by atoms with Crippen molar-refractivity contribution in [3.8, 4) is 5.75 Å². The van der Waals surface area contributed by atoms with Gasteiger partial charge in [0.1, 0.15) is 12.3 Å². The summed E-state index contributed by atoms with van der Waals surface area (Å²) in [5.41, 5.74) is 3.33. The predicted molar refractivity (Wildman–Crippen MR) is 101 cm³/mol. The van der Waals surface area contributed by atoms with Crippen LogP contribution in [0.15, 0.2) is 42.5 Å². The average Bonchev–Trinajstić information content (AvgIpc) is 2.55. The van der Waals surface area contributed by atoms with E-state index in [1.807, 2.05) is 50.4 Å². The first-order valence-electron chi connectivity index (χ1n) is 8.38. The molecule has 2 rings (SSSR count). The highest BCUT2D eigenvalue weighted by molar-refractivity contribution is 6.30. The molecule has 2 atom stereocenters. The molecule has 2 aromatic rings. The zero-order valence-electron chi connectivity index (χ0n) is 15.2. The number of carbonyl (C=O) groups is 1. The molecule has 1 unspecified atom stereocenters. The van der Waals surface area contributed by atoms with Gasteiger partial charge >= 0.3 is 0 Å². The van der Waals surface area contributed by atoms with Crippen molar-refractivity contribution in [2.45, 2.75) is 26.4 Å². The Balaban J connectivity index is 1.91. The highest BCUT2D eigenvalue weighted by Crippen LogP contribution is 2.18. The maximum Gasteiger partial charge on any atom is 0.275 e. The third-order valence-corrected chi connectivity index (χ3v) is 4.39. The van der Waals surface area contributed by atoms with Crippen molar-refractivity contribution in [3.05, 3.63) is 64.2 Å². The van der Waals surface area contributed by atoms with E-state index in [1.165, 1.54) is 5.56 Å². The summed E-state index contributed by atoms with van der Waals surface area (Å²) < 4.78 is 5.41. The summed E-state index contributed by atoms with van der Waals surface area (Å²) in [5.74, 6) is 0.881. The highest BCUT2D eigenvalue weighted by Gasteiger charge is 2.16. The number of amides is 1. The van der Waals surface area contributed by atoms with E-state index in [1.54, 1.807) is 7.11 Å². The molecule has 0 aliphatic rings. The molecule has 25 heavy (non-hydrogen) atoms. The van der Waals surface area contributed by atoms with Crippen LogP contribution in [0.5, 0.6) is 5.75 Å². The third-order valence-electron chi connectivity index (χ3n) is 4.14. The lowest BCUT2D eigenvalue weighted by Gasteiger charge is -2.18. The summed E-state index contributed by atoms with van der Waals surface area (Å²) in [6.45, 7) is 5.15. The molecule has 0 bridgehead atoms. The second-order valence-electron chi connectivity index (χ2n) is 6.47. The molecule has 0 spiro atoms. The van der Waals surface area contributed by atoms with Crippen LogP contribution in [0.25, 0.3) is 0 Å². The van der Waals surface area contributed by atoms with E-state index in [4.69, 9.17) is 16.3 Å². The van der Waals surface area contributed by atoms with Crippen LogP contribution in [-0.2, 0) is 11.3 Å². The minimum Gasteiger partial charge on any atom is -0.496 e. The van der Waals surface area contributed by atoms with Crippen molar-refractivity contribution >= 4 is 17.5 Å². The molecule has 2 aromatic carbocycles. The standard InChI is InChI=1S/C20H25ClN2O2/c1-14-5-10-19(25-4)17(11-14)12-23(3)13-20(24)22-15(2)16-6-8-18(21)9-7-16/h5-11,15H,12-13H2,1-4H3,(H,22,24)/p+1/t15-/m0/s1. The van der Waals surface area contributed by atoms with Crippen LogP contribution in [0.2, 0.25) is 5.02 Å². The average molecular weight is 362 g/mol. The zero-order chi connectivity index (χ0) is 18.4. The Hall–Kier alpha value is -2.04. The van der Waals surface area contributed by atoms with E-state index in [9.17, 15) is 4.79 Å². The number of halogens is 1. The quantitative estimate of drug-likeness (QED) is 0.796. The first-order chi connectivity index (χ1) is 11.9. The van der Waals surface area contributed by atoms with Gasteiger partial charge in [-0.05, 0) is 43.7 Å². The minimum atomic E-state index is -0.0499. The molecule has 134 valence electrons. The number of hydrogen-bond donors (Lipinski definition) is 2. The first-order valence-corrected chi connectivity index (χ1v) is 8.76. The Labute approximate surface area is 154 Å². The number of likely N-dealkylation sites (N-methyl/N-ethyl adjacent to an activating group) is 1. The van der Waals surface area contributed by atoms with Crippen molar-refractivity contribution in [2.24, 2.45) is 0 Å². The fourth-order valence-corrected chi connectivity index (χ4v) is 2.96. The van der Waals surface area contributed by atoms with Crippen molar-refractivity contribution in [1.29, 1.82) is 0 Å². The van der Waals surface area contributed by atoms with E-state index in [-0.39, 0.29) is 11.9 Å². The molecule has 0 aliphatic heterocycles. The van der Waals surface area contributed by atoms with Crippen LogP contribution >= 0.6 is 11.6 Å². The molecule has 0 saturated heterocycles. The molecule has 1 amide bonds. The van der Waals surface area contributed by atoms with Gasteiger partial charge < -0.3 is 15.0 Å². The number of nitrogens with one attached hydrogen (secondary N) is 2. The van der Waals surface area contributed by atoms with Gasteiger partial charge in [0.15, 0.2) is 6.54 Å². The van der Waals surface area contributed by atoms with Crippen molar-refractivity contribution in [2.75, 3.05) is 20.7 Å². The number of quaternary nitrogens is 1. The molecule has 0 fully saturated rings. The van der Waals surface area contributed by atoms with Gasteiger partial charge in [-0.3, -0.25) is 4.79 Å². The maximum atomic E-state index is 12.3. The molecule has 0 aromatic heterocycles. The van der Waals surface area contributed by atoms with E-state index < -0.39 is 0 Å². The molecular formula is C20H26ClN2O2+. The third kappa shape index (κ3) is 5.76. The number of aryl methyl sites for hydroxylation is 1. The summed E-state index contributed by atoms with van der Waals surface area (Å²) in [4.78, 5) is 13.4. The van der Waals surface area contributed by atoms with E-state index in [0.717, 1.165) is 28.3 Å². The lowest BCUT2D eigenvalue weighted by Crippen LogP contribution is -3.08. The monoisotopic (exact) mass is 361 g/mol. The van der Waals surface area contributed by atoms with E-state index >= 15 is 0 Å². The smallest absolute Gasteiger partial charge is 0.275 e. The van der Waals surface area contributed by atoms with Gasteiger partial charge in [-0.2, -0.15) is 0 Å². The number of carbonyl (C=O) groups excluding carboxylic acids is 1. The Bertz CT molecular complexity index is 716. The fraction of sp³-hybridized carbons (Fsp3) is 0.350. The number of benzene rings is 2. The molecular weight excluding hydrogens is 336 g/mol. The summed E-state index contributed by atoms with van der Waals surface area (Å²) in [7, 11) is 3.68. The van der Waals surface area contributed by atoms with Crippen molar-refractivity contribution < 1.29 is 14.4 Å². The van der Waals surface area contributed by atoms with Gasteiger partial charge in [0.25, 0.3) is 5.91 Å². The van der Waals surface area contributed by atoms with Crippen molar-refractivity contribution in [1.82, 2.24) is 5.32 Å². The van der Waals surface area contributed by atoms with Crippen LogP contribution < -0.4 is 15.0 Å². The molecule has 5 heteroatoms. The molecule has 0 heterocycles. The maximum absolute atomic E-state index is 12.3. The highest BCUT2D eigenvalue weighted by atomic mass is 35.5. The van der Waals surface area contributed by atoms with E-state index in [2.05, 4.69) is 18.3 Å². The Kier molecular flexibility index (Phi) is 6.85. The van der Waals surface area contributed by atoms with Gasteiger partial charge in [-0.1, -0.05) is 35.4 Å². The number of rotatable bonds is 7. The lowest BCUT2D eigenvalue weighted by atomic mass is 10.1.